The van der Waals surface area contributed by atoms with E-state index in [-0.39, 0.29) is 12.5 Å². The zero-order chi connectivity index (χ0) is 11.0. The summed E-state index contributed by atoms with van der Waals surface area (Å²) in [7, 11) is 0. The van der Waals surface area contributed by atoms with E-state index in [0.29, 0.717) is 12.1 Å². The molecule has 15 heavy (non-hydrogen) atoms. The maximum Gasteiger partial charge on any atom is 0.231 e. The van der Waals surface area contributed by atoms with Crippen LogP contribution in [0.2, 0.25) is 0 Å². The van der Waals surface area contributed by atoms with Crippen LogP contribution in [0.5, 0.6) is 0 Å². The lowest BCUT2D eigenvalue weighted by Crippen LogP contribution is -2.31. The van der Waals surface area contributed by atoms with E-state index in [0.717, 1.165) is 11.3 Å². The summed E-state index contributed by atoms with van der Waals surface area (Å²) in [4.78, 5) is 13.1. The molecule has 0 fully saturated rings. The average Bonchev–Trinajstić information content (AvgIpc) is 2.41. The van der Waals surface area contributed by atoms with Crippen LogP contribution in [0.4, 0.5) is 15.8 Å². The smallest absolute Gasteiger partial charge is 0.231 e. The quantitative estimate of drug-likeness (QED) is 0.749. The Bertz CT molecular complexity index is 404. The Morgan fingerprint density at radius 2 is 2.33 bits per heavy atom. The summed E-state index contributed by atoms with van der Waals surface area (Å²) >= 11 is 0. The van der Waals surface area contributed by atoms with Crippen LogP contribution in [-0.4, -0.2) is 18.6 Å². The number of carbonyl (C=O) groups is 1. The lowest BCUT2D eigenvalue weighted by molar-refractivity contribution is -0.117. The minimum atomic E-state index is -1.02. The number of carbonyl (C=O) groups excluding carboxylic acids is 1. The van der Waals surface area contributed by atoms with E-state index in [2.05, 4.69) is 0 Å². The van der Waals surface area contributed by atoms with Gasteiger partial charge in [-0.05, 0) is 30.7 Å². The van der Waals surface area contributed by atoms with E-state index < -0.39 is 6.17 Å². The van der Waals surface area contributed by atoms with Crippen LogP contribution in [0.1, 0.15) is 12.5 Å². The van der Waals surface area contributed by atoms with Crippen LogP contribution in [0, 0.1) is 0 Å². The monoisotopic (exact) mass is 208 g/mol. The number of hydrogen-bond donors (Lipinski definition) is 1. The molecule has 80 valence electrons. The number of rotatable bonds is 2. The van der Waals surface area contributed by atoms with Crippen molar-refractivity contribution in [3.8, 4) is 0 Å². The largest absolute Gasteiger partial charge is 0.399 e. The highest BCUT2D eigenvalue weighted by Crippen LogP contribution is 2.30. The van der Waals surface area contributed by atoms with Crippen molar-refractivity contribution in [2.45, 2.75) is 19.5 Å². The summed E-state index contributed by atoms with van der Waals surface area (Å²) in [5, 5.41) is 0. The third-order valence-corrected chi connectivity index (χ3v) is 2.47. The van der Waals surface area contributed by atoms with E-state index in [1.807, 2.05) is 0 Å². The molecule has 0 aromatic heterocycles. The highest BCUT2D eigenvalue weighted by atomic mass is 19.1. The molecule has 1 aliphatic heterocycles. The molecule has 1 aromatic rings. The first-order valence-corrected chi connectivity index (χ1v) is 4.91. The zero-order valence-corrected chi connectivity index (χ0v) is 8.53. The molecule has 0 aliphatic carbocycles. The van der Waals surface area contributed by atoms with Crippen LogP contribution >= 0.6 is 0 Å². The second-order valence-corrected chi connectivity index (χ2v) is 3.85. The first-order chi connectivity index (χ1) is 7.08. The summed E-state index contributed by atoms with van der Waals surface area (Å²) < 4.78 is 12.9. The number of hydrogen-bond acceptors (Lipinski definition) is 2. The van der Waals surface area contributed by atoms with E-state index in [4.69, 9.17) is 5.73 Å². The van der Waals surface area contributed by atoms with Gasteiger partial charge in [-0.2, -0.15) is 0 Å². The van der Waals surface area contributed by atoms with Crippen LogP contribution in [-0.2, 0) is 11.2 Å². The van der Waals surface area contributed by atoms with Gasteiger partial charge >= 0.3 is 0 Å². The van der Waals surface area contributed by atoms with Gasteiger partial charge in [0.1, 0.15) is 6.17 Å². The highest BCUT2D eigenvalue weighted by molar-refractivity contribution is 6.01. The predicted octanol–water partition coefficient (Wildman–Crippen LogP) is 1.52. The maximum absolute atomic E-state index is 12.9. The normalized spacial score (nSPS) is 16.7. The zero-order valence-electron chi connectivity index (χ0n) is 8.53. The first kappa shape index (κ1) is 9.96. The number of nitrogens with two attached hydrogens (primary N) is 1. The summed E-state index contributed by atoms with van der Waals surface area (Å²) in [6.45, 7) is 1.57. The molecular formula is C11H13FN2O. The predicted molar refractivity (Wildman–Crippen MR) is 57.5 cm³/mol. The Labute approximate surface area is 87.7 Å². The minimum absolute atomic E-state index is 0.0555. The molecule has 0 spiro atoms. The Hall–Kier alpha value is -1.58. The van der Waals surface area contributed by atoms with Gasteiger partial charge in [0, 0.05) is 11.4 Å². The molecule has 1 heterocycles. The van der Waals surface area contributed by atoms with Crippen molar-refractivity contribution in [1.29, 1.82) is 0 Å². The summed E-state index contributed by atoms with van der Waals surface area (Å²) in [5.74, 6) is -0.0555. The molecule has 1 unspecified atom stereocenters. The summed E-state index contributed by atoms with van der Waals surface area (Å²) in [6.07, 6.45) is -0.690. The van der Waals surface area contributed by atoms with Gasteiger partial charge in [-0.3, -0.25) is 4.79 Å². The van der Waals surface area contributed by atoms with E-state index in [9.17, 15) is 9.18 Å². The van der Waals surface area contributed by atoms with Gasteiger partial charge < -0.3 is 10.6 Å². The molecule has 3 nitrogen and oxygen atoms in total. The van der Waals surface area contributed by atoms with Crippen LogP contribution in [0.3, 0.4) is 0 Å². The molecule has 2 rings (SSSR count). The molecular weight excluding hydrogens is 195 g/mol. The molecule has 4 heteroatoms. The molecule has 0 bridgehead atoms. The average molecular weight is 208 g/mol. The Balaban J connectivity index is 2.33. The number of anilines is 2. The number of halogens is 1. The first-order valence-electron chi connectivity index (χ1n) is 4.91. The number of amides is 1. The number of fused-ring (bicyclic) bond motifs is 1. The number of benzene rings is 1. The van der Waals surface area contributed by atoms with E-state index >= 15 is 0 Å². The Morgan fingerprint density at radius 3 is 3.00 bits per heavy atom. The van der Waals surface area contributed by atoms with Gasteiger partial charge in [-0.25, -0.2) is 4.39 Å². The molecule has 0 radical (unpaired) electrons. The fraction of sp³-hybridized carbons (Fsp3) is 0.364. The molecule has 1 amide bonds. The third-order valence-electron chi connectivity index (χ3n) is 2.47. The SMILES string of the molecule is CC(F)CN1C(=O)Cc2cc(N)ccc21. The maximum atomic E-state index is 12.9. The van der Waals surface area contributed by atoms with Gasteiger partial charge in [0.15, 0.2) is 0 Å². The molecule has 0 saturated heterocycles. The van der Waals surface area contributed by atoms with E-state index in [1.165, 1.54) is 11.8 Å². The minimum Gasteiger partial charge on any atom is -0.399 e. The van der Waals surface area contributed by atoms with Crippen molar-refractivity contribution >= 4 is 17.3 Å². The second kappa shape index (κ2) is 3.53. The highest BCUT2D eigenvalue weighted by Gasteiger charge is 2.28. The molecule has 0 saturated carbocycles. The second-order valence-electron chi connectivity index (χ2n) is 3.85. The topological polar surface area (TPSA) is 46.3 Å². The Morgan fingerprint density at radius 1 is 1.60 bits per heavy atom. The van der Waals surface area contributed by atoms with Crippen LogP contribution in [0.15, 0.2) is 18.2 Å². The van der Waals surface area contributed by atoms with Gasteiger partial charge in [-0.1, -0.05) is 0 Å². The fourth-order valence-electron chi connectivity index (χ4n) is 1.85. The van der Waals surface area contributed by atoms with Crippen LogP contribution < -0.4 is 10.6 Å². The fourth-order valence-corrected chi connectivity index (χ4v) is 1.85. The lowest BCUT2D eigenvalue weighted by Gasteiger charge is -2.18. The van der Waals surface area contributed by atoms with E-state index in [1.54, 1.807) is 18.2 Å². The number of alkyl halides is 1. The molecule has 2 N–H and O–H groups in total. The van der Waals surface area contributed by atoms with Gasteiger partial charge in [-0.15, -0.1) is 0 Å². The van der Waals surface area contributed by atoms with Crippen molar-refractivity contribution in [3.05, 3.63) is 23.8 Å². The molecule has 1 atom stereocenters. The van der Waals surface area contributed by atoms with Crippen molar-refractivity contribution in [1.82, 2.24) is 0 Å². The van der Waals surface area contributed by atoms with Crippen LogP contribution in [0.25, 0.3) is 0 Å². The molecule has 1 aromatic carbocycles. The summed E-state index contributed by atoms with van der Waals surface area (Å²) in [5.41, 5.74) is 7.93. The lowest BCUT2D eigenvalue weighted by atomic mass is 10.1. The number of nitrogen functional groups attached to an aromatic ring is 1. The van der Waals surface area contributed by atoms with Crippen molar-refractivity contribution in [2.75, 3.05) is 17.2 Å². The van der Waals surface area contributed by atoms with Crippen molar-refractivity contribution < 1.29 is 9.18 Å². The number of nitrogens with zero attached hydrogens (tertiary/aromatic N) is 1. The standard InChI is InChI=1S/C11H13FN2O/c1-7(12)6-14-10-3-2-9(13)4-8(10)5-11(14)15/h2-4,7H,5-6,13H2,1H3. The van der Waals surface area contributed by atoms with Gasteiger partial charge in [0.2, 0.25) is 5.91 Å². The van der Waals surface area contributed by atoms with Crippen molar-refractivity contribution in [3.63, 3.8) is 0 Å². The van der Waals surface area contributed by atoms with Gasteiger partial charge in [0.25, 0.3) is 0 Å². The van der Waals surface area contributed by atoms with Gasteiger partial charge in [0.05, 0.1) is 13.0 Å². The molecule has 1 aliphatic rings. The Kier molecular flexibility index (Phi) is 2.34. The third kappa shape index (κ3) is 1.79. The van der Waals surface area contributed by atoms with Crippen molar-refractivity contribution in [2.24, 2.45) is 0 Å². The summed E-state index contributed by atoms with van der Waals surface area (Å²) in [6, 6.07) is 5.28.